The Morgan fingerprint density at radius 2 is 2.00 bits per heavy atom. The van der Waals surface area contributed by atoms with Gasteiger partial charge < -0.3 is 10.5 Å². The first-order chi connectivity index (χ1) is 10.2. The predicted molar refractivity (Wildman–Crippen MR) is 86.3 cm³/mol. The molecule has 2 aromatic carbocycles. The molecule has 0 aliphatic carbocycles. The monoisotopic (exact) mass is 305 g/mol. The minimum Gasteiger partial charge on any atom is -0.493 e. The summed E-state index contributed by atoms with van der Waals surface area (Å²) in [7, 11) is 0. The Labute approximate surface area is 129 Å². The van der Waals surface area contributed by atoms with Gasteiger partial charge in [0.1, 0.15) is 11.6 Å². The number of rotatable bonds is 7. The second kappa shape index (κ2) is 8.05. The van der Waals surface area contributed by atoms with Crippen LogP contribution < -0.4 is 10.5 Å². The average molecular weight is 305 g/mol. The molecule has 1 atom stereocenters. The van der Waals surface area contributed by atoms with Gasteiger partial charge in [-0.2, -0.15) is 0 Å². The zero-order valence-electron chi connectivity index (χ0n) is 12.1. The minimum atomic E-state index is -0.222. The van der Waals surface area contributed by atoms with Crippen LogP contribution in [-0.4, -0.2) is 12.4 Å². The Bertz CT molecular complexity index is 576. The van der Waals surface area contributed by atoms with Crippen molar-refractivity contribution in [1.29, 1.82) is 0 Å². The fourth-order valence-electron chi connectivity index (χ4n) is 1.96. The Balaban J connectivity index is 2.01. The second-order valence-corrected chi connectivity index (χ2v) is 5.85. The largest absolute Gasteiger partial charge is 0.493 e. The van der Waals surface area contributed by atoms with E-state index in [0.717, 1.165) is 22.6 Å². The van der Waals surface area contributed by atoms with Gasteiger partial charge in [-0.15, -0.1) is 11.8 Å². The summed E-state index contributed by atoms with van der Waals surface area (Å²) in [5.41, 5.74) is 7.25. The lowest BCUT2D eigenvalue weighted by Crippen LogP contribution is -2.14. The van der Waals surface area contributed by atoms with Crippen molar-refractivity contribution >= 4 is 11.8 Å². The van der Waals surface area contributed by atoms with Gasteiger partial charge >= 0.3 is 0 Å². The fraction of sp³-hybridized carbons (Fsp3) is 0.294. The molecule has 0 aliphatic heterocycles. The summed E-state index contributed by atoms with van der Waals surface area (Å²) in [6.45, 7) is 2.75. The molecule has 0 aromatic heterocycles. The molecule has 0 radical (unpaired) electrons. The third-order valence-electron chi connectivity index (χ3n) is 3.01. The molecule has 2 N–H and O–H groups in total. The maximum absolute atomic E-state index is 13.2. The van der Waals surface area contributed by atoms with Crippen molar-refractivity contribution in [3.8, 4) is 5.75 Å². The number of benzene rings is 2. The topological polar surface area (TPSA) is 35.2 Å². The van der Waals surface area contributed by atoms with Gasteiger partial charge in [-0.05, 0) is 30.7 Å². The van der Waals surface area contributed by atoms with E-state index >= 15 is 0 Å². The number of hydrogen-bond acceptors (Lipinski definition) is 3. The molecule has 2 rings (SSSR count). The molecule has 0 bridgehead atoms. The Kier molecular flexibility index (Phi) is 6.08. The van der Waals surface area contributed by atoms with E-state index < -0.39 is 0 Å². The summed E-state index contributed by atoms with van der Waals surface area (Å²) in [5.74, 6) is 1.29. The highest BCUT2D eigenvalue weighted by Crippen LogP contribution is 2.29. The SMILES string of the molecule is CCCOc1ccccc1C(N)CSc1cccc(F)c1. The van der Waals surface area contributed by atoms with Gasteiger partial charge in [-0.3, -0.25) is 0 Å². The molecule has 0 amide bonds. The molecule has 1 unspecified atom stereocenters. The molecule has 2 nitrogen and oxygen atoms in total. The lowest BCUT2D eigenvalue weighted by molar-refractivity contribution is 0.313. The van der Waals surface area contributed by atoms with Gasteiger partial charge in [0.15, 0.2) is 0 Å². The average Bonchev–Trinajstić information content (AvgIpc) is 2.51. The Morgan fingerprint density at radius 3 is 2.76 bits per heavy atom. The highest BCUT2D eigenvalue weighted by molar-refractivity contribution is 7.99. The molecule has 0 saturated carbocycles. The Morgan fingerprint density at radius 1 is 1.19 bits per heavy atom. The molecule has 0 aliphatic rings. The van der Waals surface area contributed by atoms with Crippen molar-refractivity contribution < 1.29 is 9.13 Å². The van der Waals surface area contributed by atoms with E-state index in [1.165, 1.54) is 12.1 Å². The van der Waals surface area contributed by atoms with Crippen LogP contribution >= 0.6 is 11.8 Å². The number of halogens is 1. The quantitative estimate of drug-likeness (QED) is 0.770. The number of thioether (sulfide) groups is 1. The van der Waals surface area contributed by atoms with Crippen LogP contribution in [0.2, 0.25) is 0 Å². The normalized spacial score (nSPS) is 12.1. The van der Waals surface area contributed by atoms with Crippen molar-refractivity contribution in [3.05, 3.63) is 59.9 Å². The van der Waals surface area contributed by atoms with E-state index in [-0.39, 0.29) is 11.9 Å². The van der Waals surface area contributed by atoms with Crippen molar-refractivity contribution in [3.63, 3.8) is 0 Å². The summed E-state index contributed by atoms with van der Waals surface area (Å²) < 4.78 is 18.9. The smallest absolute Gasteiger partial charge is 0.124 e. The van der Waals surface area contributed by atoms with Gasteiger partial charge in [0, 0.05) is 22.3 Å². The lowest BCUT2D eigenvalue weighted by atomic mass is 10.1. The molecule has 0 fully saturated rings. The molecule has 0 spiro atoms. The van der Waals surface area contributed by atoms with Gasteiger partial charge in [0.05, 0.1) is 6.61 Å². The fourth-order valence-corrected chi connectivity index (χ4v) is 2.89. The van der Waals surface area contributed by atoms with Crippen LogP contribution in [0.5, 0.6) is 5.75 Å². The lowest BCUT2D eigenvalue weighted by Gasteiger charge is -2.16. The molecule has 2 aromatic rings. The van der Waals surface area contributed by atoms with Crippen molar-refractivity contribution in [2.24, 2.45) is 5.73 Å². The summed E-state index contributed by atoms with van der Waals surface area (Å²) in [6.07, 6.45) is 0.960. The number of hydrogen-bond donors (Lipinski definition) is 1. The summed E-state index contributed by atoms with van der Waals surface area (Å²) in [5, 5.41) is 0. The van der Waals surface area contributed by atoms with E-state index in [0.29, 0.717) is 12.4 Å². The first kappa shape index (κ1) is 15.9. The maximum Gasteiger partial charge on any atom is 0.124 e. The highest BCUT2D eigenvalue weighted by atomic mass is 32.2. The molecule has 4 heteroatoms. The number of nitrogens with two attached hydrogens (primary N) is 1. The van der Waals surface area contributed by atoms with Gasteiger partial charge in [-0.1, -0.05) is 31.2 Å². The van der Waals surface area contributed by atoms with E-state index in [2.05, 4.69) is 6.92 Å². The van der Waals surface area contributed by atoms with Gasteiger partial charge in [0.2, 0.25) is 0 Å². The molecule has 0 saturated heterocycles. The van der Waals surface area contributed by atoms with Crippen LogP contribution in [0, 0.1) is 5.82 Å². The molecular formula is C17H20FNOS. The first-order valence-electron chi connectivity index (χ1n) is 7.06. The molecular weight excluding hydrogens is 285 g/mol. The maximum atomic E-state index is 13.2. The third-order valence-corrected chi connectivity index (χ3v) is 4.12. The second-order valence-electron chi connectivity index (χ2n) is 4.76. The standard InChI is InChI=1S/C17H20FNOS/c1-2-10-20-17-9-4-3-8-15(17)16(19)12-21-14-7-5-6-13(18)11-14/h3-9,11,16H,2,10,12,19H2,1H3. The minimum absolute atomic E-state index is 0.147. The highest BCUT2D eigenvalue weighted by Gasteiger charge is 2.12. The van der Waals surface area contributed by atoms with Crippen LogP contribution in [0.25, 0.3) is 0 Å². The van der Waals surface area contributed by atoms with E-state index in [1.54, 1.807) is 17.8 Å². The summed E-state index contributed by atoms with van der Waals surface area (Å²) >= 11 is 1.55. The summed E-state index contributed by atoms with van der Waals surface area (Å²) in [4.78, 5) is 0.886. The van der Waals surface area contributed by atoms with Crippen molar-refractivity contribution in [2.45, 2.75) is 24.3 Å². The van der Waals surface area contributed by atoms with Gasteiger partial charge in [0.25, 0.3) is 0 Å². The zero-order valence-corrected chi connectivity index (χ0v) is 12.9. The van der Waals surface area contributed by atoms with Crippen molar-refractivity contribution in [2.75, 3.05) is 12.4 Å². The predicted octanol–water partition coefficient (Wildman–Crippen LogP) is 4.41. The molecule has 0 heterocycles. The van der Waals surface area contributed by atoms with Crippen LogP contribution in [0.1, 0.15) is 24.9 Å². The van der Waals surface area contributed by atoms with Crippen LogP contribution in [0.4, 0.5) is 4.39 Å². The molecule has 112 valence electrons. The van der Waals surface area contributed by atoms with Gasteiger partial charge in [-0.25, -0.2) is 4.39 Å². The third kappa shape index (κ3) is 4.76. The van der Waals surface area contributed by atoms with Crippen LogP contribution in [-0.2, 0) is 0 Å². The van der Waals surface area contributed by atoms with Crippen LogP contribution in [0.15, 0.2) is 53.4 Å². The van der Waals surface area contributed by atoms with E-state index in [9.17, 15) is 4.39 Å². The summed E-state index contributed by atoms with van der Waals surface area (Å²) in [6, 6.07) is 14.3. The first-order valence-corrected chi connectivity index (χ1v) is 8.05. The van der Waals surface area contributed by atoms with E-state index in [4.69, 9.17) is 10.5 Å². The number of ether oxygens (including phenoxy) is 1. The van der Waals surface area contributed by atoms with E-state index in [1.807, 2.05) is 30.3 Å². The van der Waals surface area contributed by atoms with Crippen molar-refractivity contribution in [1.82, 2.24) is 0 Å². The zero-order chi connectivity index (χ0) is 15.1. The Hall–Kier alpha value is -1.52. The number of para-hydroxylation sites is 1. The van der Waals surface area contributed by atoms with Crippen LogP contribution in [0.3, 0.4) is 0 Å². The molecule has 21 heavy (non-hydrogen) atoms.